The minimum atomic E-state index is -0.725. The minimum Gasteiger partial charge on any atom is -0.337 e. The summed E-state index contributed by atoms with van der Waals surface area (Å²) in [6.45, 7) is 3.04. The van der Waals surface area contributed by atoms with Gasteiger partial charge in [-0.25, -0.2) is 18.7 Å². The molecule has 1 aromatic carbocycles. The third-order valence-corrected chi connectivity index (χ3v) is 4.17. The van der Waals surface area contributed by atoms with Crippen LogP contribution in [0.15, 0.2) is 24.3 Å². The van der Waals surface area contributed by atoms with E-state index in [-0.39, 0.29) is 23.1 Å². The number of hydrogen-bond donors (Lipinski definition) is 1. The van der Waals surface area contributed by atoms with Gasteiger partial charge in [0.2, 0.25) is 0 Å². The van der Waals surface area contributed by atoms with E-state index < -0.39 is 11.6 Å². The van der Waals surface area contributed by atoms with Crippen molar-refractivity contribution >= 4 is 17.4 Å². The highest BCUT2D eigenvalue weighted by molar-refractivity contribution is 5.93. The lowest BCUT2D eigenvalue weighted by Crippen LogP contribution is -2.32. The van der Waals surface area contributed by atoms with Gasteiger partial charge in [0.25, 0.3) is 5.91 Å². The molecule has 0 saturated carbocycles. The lowest BCUT2D eigenvalue weighted by molar-refractivity contribution is 0.0755. The van der Waals surface area contributed by atoms with Crippen LogP contribution in [-0.2, 0) is 0 Å². The molecule has 1 aromatic heterocycles. The van der Waals surface area contributed by atoms with Crippen molar-refractivity contribution in [3.63, 3.8) is 0 Å². The van der Waals surface area contributed by atoms with Crippen molar-refractivity contribution in [2.45, 2.75) is 32.6 Å². The predicted octanol–water partition coefficient (Wildman–Crippen LogP) is 3.82. The van der Waals surface area contributed by atoms with Crippen LogP contribution in [0.3, 0.4) is 0 Å². The van der Waals surface area contributed by atoms with Gasteiger partial charge < -0.3 is 10.2 Å². The van der Waals surface area contributed by atoms with Gasteiger partial charge in [0.15, 0.2) is 0 Å². The standard InChI is InChI=1S/C18H20F2N4O/c1-12-21-15(18(25)24-9-4-2-3-5-10-24)11-16(22-12)23-17-13(19)7-6-8-14(17)20/h6-8,11H,2-5,9-10H2,1H3,(H,21,22,23). The van der Waals surface area contributed by atoms with Crippen LogP contribution in [0.2, 0.25) is 0 Å². The fourth-order valence-electron chi connectivity index (χ4n) is 2.92. The lowest BCUT2D eigenvalue weighted by Gasteiger charge is -2.20. The maximum absolute atomic E-state index is 13.8. The highest BCUT2D eigenvalue weighted by Gasteiger charge is 2.20. The zero-order valence-electron chi connectivity index (χ0n) is 14.1. The summed E-state index contributed by atoms with van der Waals surface area (Å²) in [4.78, 5) is 22.8. The Balaban J connectivity index is 1.86. The Kier molecular flexibility index (Phi) is 5.21. The van der Waals surface area contributed by atoms with Gasteiger partial charge in [-0.15, -0.1) is 0 Å². The molecule has 132 valence electrons. The number of aromatic nitrogens is 2. The molecule has 1 aliphatic rings. The Morgan fingerprint density at radius 1 is 1.08 bits per heavy atom. The number of benzene rings is 1. The van der Waals surface area contributed by atoms with E-state index in [1.54, 1.807) is 11.8 Å². The molecular weight excluding hydrogens is 326 g/mol. The van der Waals surface area contributed by atoms with Crippen molar-refractivity contribution in [2.24, 2.45) is 0 Å². The van der Waals surface area contributed by atoms with Crippen LogP contribution < -0.4 is 5.32 Å². The van der Waals surface area contributed by atoms with Gasteiger partial charge in [-0.2, -0.15) is 0 Å². The Bertz CT molecular complexity index is 753. The summed E-state index contributed by atoms with van der Waals surface area (Å²) in [5.74, 6) is -1.08. The molecule has 2 heterocycles. The molecule has 1 amide bonds. The van der Waals surface area contributed by atoms with Crippen molar-refractivity contribution in [1.82, 2.24) is 14.9 Å². The second-order valence-corrected chi connectivity index (χ2v) is 6.11. The second-order valence-electron chi connectivity index (χ2n) is 6.11. The summed E-state index contributed by atoms with van der Waals surface area (Å²) in [7, 11) is 0. The zero-order valence-corrected chi connectivity index (χ0v) is 14.1. The number of aryl methyl sites for hydroxylation is 1. The molecule has 0 spiro atoms. The first-order chi connectivity index (χ1) is 12.0. The third-order valence-electron chi connectivity index (χ3n) is 4.17. The van der Waals surface area contributed by atoms with Crippen LogP contribution >= 0.6 is 0 Å². The Hall–Kier alpha value is -2.57. The molecular formula is C18H20F2N4O. The van der Waals surface area contributed by atoms with E-state index in [0.29, 0.717) is 18.9 Å². The van der Waals surface area contributed by atoms with Crippen LogP contribution in [0.25, 0.3) is 0 Å². The summed E-state index contributed by atoms with van der Waals surface area (Å²) in [5, 5.41) is 2.62. The molecule has 1 aliphatic heterocycles. The first kappa shape index (κ1) is 17.3. The van der Waals surface area contributed by atoms with Crippen LogP contribution in [0.1, 0.15) is 42.0 Å². The number of para-hydroxylation sites is 1. The number of carbonyl (C=O) groups is 1. The van der Waals surface area contributed by atoms with Gasteiger partial charge in [0.05, 0.1) is 0 Å². The molecule has 0 unspecified atom stereocenters. The molecule has 1 N–H and O–H groups in total. The molecule has 2 aromatic rings. The van der Waals surface area contributed by atoms with Crippen LogP contribution in [0.5, 0.6) is 0 Å². The summed E-state index contributed by atoms with van der Waals surface area (Å²) >= 11 is 0. The number of carbonyl (C=O) groups excluding carboxylic acids is 1. The van der Waals surface area contributed by atoms with Crippen molar-refractivity contribution in [3.05, 3.63) is 47.4 Å². The van der Waals surface area contributed by atoms with Crippen LogP contribution in [0.4, 0.5) is 20.3 Å². The number of nitrogens with zero attached hydrogens (tertiary/aromatic N) is 3. The molecule has 0 atom stereocenters. The Morgan fingerprint density at radius 3 is 2.36 bits per heavy atom. The fourth-order valence-corrected chi connectivity index (χ4v) is 2.92. The van der Waals surface area contributed by atoms with Crippen LogP contribution in [-0.4, -0.2) is 33.9 Å². The first-order valence-corrected chi connectivity index (χ1v) is 8.40. The number of halogens is 2. The molecule has 3 rings (SSSR count). The van der Waals surface area contributed by atoms with Crippen molar-refractivity contribution < 1.29 is 13.6 Å². The molecule has 0 radical (unpaired) electrons. The van der Waals surface area contributed by atoms with E-state index in [1.807, 2.05) is 0 Å². The van der Waals surface area contributed by atoms with E-state index in [2.05, 4.69) is 15.3 Å². The van der Waals surface area contributed by atoms with Crippen molar-refractivity contribution in [1.29, 1.82) is 0 Å². The molecule has 25 heavy (non-hydrogen) atoms. The average molecular weight is 346 g/mol. The minimum absolute atomic E-state index is 0.176. The molecule has 7 heteroatoms. The first-order valence-electron chi connectivity index (χ1n) is 8.40. The largest absolute Gasteiger partial charge is 0.337 e. The quantitative estimate of drug-likeness (QED) is 0.918. The molecule has 1 fully saturated rings. The highest BCUT2D eigenvalue weighted by atomic mass is 19.1. The number of anilines is 2. The van der Waals surface area contributed by atoms with E-state index in [9.17, 15) is 13.6 Å². The summed E-state index contributed by atoms with van der Waals surface area (Å²) in [5.41, 5.74) is -0.0672. The summed E-state index contributed by atoms with van der Waals surface area (Å²) in [6, 6.07) is 5.03. The number of amides is 1. The molecule has 1 saturated heterocycles. The number of likely N-dealkylation sites (tertiary alicyclic amines) is 1. The zero-order chi connectivity index (χ0) is 17.8. The predicted molar refractivity (Wildman–Crippen MR) is 90.8 cm³/mol. The molecule has 5 nitrogen and oxygen atoms in total. The van der Waals surface area contributed by atoms with E-state index in [0.717, 1.165) is 37.8 Å². The van der Waals surface area contributed by atoms with E-state index in [4.69, 9.17) is 0 Å². The van der Waals surface area contributed by atoms with Crippen molar-refractivity contribution in [3.8, 4) is 0 Å². The number of hydrogen-bond acceptors (Lipinski definition) is 4. The van der Waals surface area contributed by atoms with E-state index in [1.165, 1.54) is 12.1 Å². The van der Waals surface area contributed by atoms with Crippen LogP contribution in [0, 0.1) is 18.6 Å². The maximum Gasteiger partial charge on any atom is 0.272 e. The fraction of sp³-hybridized carbons (Fsp3) is 0.389. The second kappa shape index (κ2) is 7.55. The van der Waals surface area contributed by atoms with E-state index >= 15 is 0 Å². The Labute approximate surface area is 145 Å². The summed E-state index contributed by atoms with van der Waals surface area (Å²) < 4.78 is 27.6. The SMILES string of the molecule is Cc1nc(Nc2c(F)cccc2F)cc(C(=O)N2CCCCCC2)n1. The highest BCUT2D eigenvalue weighted by Crippen LogP contribution is 2.23. The van der Waals surface area contributed by atoms with Gasteiger partial charge in [-0.05, 0) is 31.9 Å². The number of nitrogens with one attached hydrogen (secondary N) is 1. The smallest absolute Gasteiger partial charge is 0.272 e. The van der Waals surface area contributed by atoms with Gasteiger partial charge in [0, 0.05) is 19.2 Å². The average Bonchev–Trinajstić information content (AvgIpc) is 2.86. The normalized spacial score (nSPS) is 14.9. The van der Waals surface area contributed by atoms with Crippen molar-refractivity contribution in [2.75, 3.05) is 18.4 Å². The lowest BCUT2D eigenvalue weighted by atomic mass is 10.2. The van der Waals surface area contributed by atoms with Gasteiger partial charge >= 0.3 is 0 Å². The molecule has 0 bridgehead atoms. The molecule has 0 aliphatic carbocycles. The number of rotatable bonds is 3. The summed E-state index contributed by atoms with van der Waals surface area (Å²) in [6.07, 6.45) is 4.18. The third kappa shape index (κ3) is 4.10. The topological polar surface area (TPSA) is 58.1 Å². The van der Waals surface area contributed by atoms with Gasteiger partial charge in [0.1, 0.15) is 34.7 Å². The maximum atomic E-state index is 13.8. The Morgan fingerprint density at radius 2 is 1.72 bits per heavy atom. The van der Waals surface area contributed by atoms with Gasteiger partial charge in [-0.1, -0.05) is 18.9 Å². The monoisotopic (exact) mass is 346 g/mol. The van der Waals surface area contributed by atoms with Gasteiger partial charge in [-0.3, -0.25) is 4.79 Å².